The van der Waals surface area contributed by atoms with Gasteiger partial charge in [0.15, 0.2) is 11.3 Å². The van der Waals surface area contributed by atoms with Gasteiger partial charge in [0.1, 0.15) is 0 Å². The van der Waals surface area contributed by atoms with Crippen molar-refractivity contribution in [1.82, 2.24) is 19.5 Å². The van der Waals surface area contributed by atoms with Crippen LogP contribution in [-0.2, 0) is 6.42 Å². The van der Waals surface area contributed by atoms with Crippen LogP contribution in [0.3, 0.4) is 0 Å². The number of aromatic nitrogens is 3. The van der Waals surface area contributed by atoms with Crippen molar-refractivity contribution < 1.29 is 9.72 Å². The highest BCUT2D eigenvalue weighted by Gasteiger charge is 2.30. The summed E-state index contributed by atoms with van der Waals surface area (Å²) in [7, 11) is 0. The molecule has 1 aliphatic heterocycles. The number of carbonyl (C=O) groups excluding carboxylic acids is 1. The number of rotatable bonds is 2. The fraction of sp³-hybridized carbons (Fsp3) is 0.235. The lowest BCUT2D eigenvalue weighted by Gasteiger charge is -2.34. The summed E-state index contributed by atoms with van der Waals surface area (Å²) in [5.74, 6) is -0.205. The molecule has 1 atom stereocenters. The van der Waals surface area contributed by atoms with Gasteiger partial charge in [-0.25, -0.2) is 9.50 Å². The number of hydrogen-bond acceptors (Lipinski definition) is 5. The van der Waals surface area contributed by atoms with Crippen LogP contribution in [0, 0.1) is 10.1 Å². The van der Waals surface area contributed by atoms with Crippen molar-refractivity contribution in [2.75, 3.05) is 6.54 Å². The number of halogens is 1. The second kappa shape index (κ2) is 6.06. The molecule has 3 aromatic rings. The van der Waals surface area contributed by atoms with E-state index < -0.39 is 4.92 Å². The first-order valence-electron chi connectivity index (χ1n) is 8.03. The normalized spacial score (nSPS) is 16.5. The van der Waals surface area contributed by atoms with Gasteiger partial charge in [-0.3, -0.25) is 14.9 Å². The zero-order valence-corrected chi connectivity index (χ0v) is 14.6. The van der Waals surface area contributed by atoms with Crippen LogP contribution in [0.15, 0.2) is 36.7 Å². The molecule has 0 aliphatic carbocycles. The smallest absolute Gasteiger partial charge is 0.274 e. The molecule has 26 heavy (non-hydrogen) atoms. The number of fused-ring (bicyclic) bond motifs is 2. The van der Waals surface area contributed by atoms with Crippen molar-refractivity contribution >= 4 is 28.8 Å². The van der Waals surface area contributed by atoms with E-state index in [0.29, 0.717) is 23.6 Å². The number of amides is 1. The molecule has 0 saturated heterocycles. The lowest BCUT2D eigenvalue weighted by Crippen LogP contribution is -2.39. The van der Waals surface area contributed by atoms with E-state index in [1.165, 1.54) is 16.8 Å². The third kappa shape index (κ3) is 2.68. The molecule has 0 spiro atoms. The second-order valence-corrected chi connectivity index (χ2v) is 6.61. The van der Waals surface area contributed by atoms with Gasteiger partial charge in [-0.05, 0) is 30.5 Å². The molecule has 132 valence electrons. The van der Waals surface area contributed by atoms with Crippen LogP contribution in [0.25, 0.3) is 5.65 Å². The van der Waals surface area contributed by atoms with Gasteiger partial charge in [-0.15, -0.1) is 0 Å². The lowest BCUT2D eigenvalue weighted by atomic mass is 9.93. The molecule has 9 heteroatoms. The summed E-state index contributed by atoms with van der Waals surface area (Å²) < 4.78 is 1.47. The molecule has 0 saturated carbocycles. The zero-order valence-electron chi connectivity index (χ0n) is 13.8. The lowest BCUT2D eigenvalue weighted by molar-refractivity contribution is -0.384. The van der Waals surface area contributed by atoms with E-state index in [4.69, 9.17) is 11.6 Å². The Morgan fingerprint density at radius 1 is 1.38 bits per heavy atom. The Morgan fingerprint density at radius 3 is 2.96 bits per heavy atom. The van der Waals surface area contributed by atoms with Crippen LogP contribution in [0.1, 0.15) is 34.6 Å². The Bertz CT molecular complexity index is 1050. The van der Waals surface area contributed by atoms with Gasteiger partial charge >= 0.3 is 0 Å². The van der Waals surface area contributed by atoms with Crippen molar-refractivity contribution in [3.05, 3.63) is 68.6 Å². The SMILES string of the molecule is CC1c2ccc([N+](=O)[O-])cc2CCN1C(=O)c1cc2ncc(Cl)cn2n1. The molecule has 1 amide bonds. The van der Waals surface area contributed by atoms with Crippen LogP contribution >= 0.6 is 11.6 Å². The number of hydrogen-bond donors (Lipinski definition) is 0. The minimum absolute atomic E-state index is 0.0685. The summed E-state index contributed by atoms with van der Waals surface area (Å²) in [6.45, 7) is 2.38. The summed E-state index contributed by atoms with van der Waals surface area (Å²) in [4.78, 5) is 29.3. The predicted octanol–water partition coefficient (Wildman–Crippen LogP) is 3.05. The molecule has 1 unspecified atom stereocenters. The van der Waals surface area contributed by atoms with Gasteiger partial charge < -0.3 is 4.90 Å². The van der Waals surface area contributed by atoms with E-state index in [2.05, 4.69) is 10.1 Å². The third-order valence-electron chi connectivity index (χ3n) is 4.64. The Balaban J connectivity index is 1.65. The molecule has 8 nitrogen and oxygen atoms in total. The van der Waals surface area contributed by atoms with E-state index in [-0.39, 0.29) is 23.3 Å². The molecular formula is C17H14ClN5O3. The zero-order chi connectivity index (χ0) is 18.4. The second-order valence-electron chi connectivity index (χ2n) is 6.17. The highest BCUT2D eigenvalue weighted by atomic mass is 35.5. The van der Waals surface area contributed by atoms with Crippen molar-refractivity contribution in [3.8, 4) is 0 Å². The molecule has 2 aromatic heterocycles. The average Bonchev–Trinajstić information content (AvgIpc) is 3.04. The van der Waals surface area contributed by atoms with Gasteiger partial charge in [-0.2, -0.15) is 5.10 Å². The largest absolute Gasteiger partial charge is 0.330 e. The van der Waals surface area contributed by atoms with Gasteiger partial charge in [0.2, 0.25) is 0 Å². The molecule has 0 radical (unpaired) electrons. The number of non-ortho nitro benzene ring substituents is 1. The molecule has 0 bridgehead atoms. The summed E-state index contributed by atoms with van der Waals surface area (Å²) in [5, 5.41) is 15.6. The average molecular weight is 372 g/mol. The first-order chi connectivity index (χ1) is 12.4. The number of carbonyl (C=O) groups is 1. The van der Waals surface area contributed by atoms with Crippen LogP contribution in [0.5, 0.6) is 0 Å². The first-order valence-corrected chi connectivity index (χ1v) is 8.41. The fourth-order valence-corrected chi connectivity index (χ4v) is 3.46. The monoisotopic (exact) mass is 371 g/mol. The summed E-state index contributed by atoms with van der Waals surface area (Å²) in [5.41, 5.74) is 2.72. The number of nitro groups is 1. The maximum atomic E-state index is 12.9. The Labute approximate surface area is 153 Å². The first kappa shape index (κ1) is 16.5. The summed E-state index contributed by atoms with van der Waals surface area (Å²) >= 11 is 5.90. The number of benzene rings is 1. The van der Waals surface area contributed by atoms with Crippen LogP contribution in [-0.4, -0.2) is 36.9 Å². The van der Waals surface area contributed by atoms with Crippen LogP contribution < -0.4 is 0 Å². The Morgan fingerprint density at radius 2 is 2.19 bits per heavy atom. The van der Waals surface area contributed by atoms with Gasteiger partial charge in [0.05, 0.1) is 22.2 Å². The molecule has 0 fully saturated rings. The van der Waals surface area contributed by atoms with Gasteiger partial charge in [0.25, 0.3) is 11.6 Å². The molecule has 1 aliphatic rings. The van der Waals surface area contributed by atoms with Crippen molar-refractivity contribution in [3.63, 3.8) is 0 Å². The number of nitro benzene ring substituents is 1. The maximum absolute atomic E-state index is 12.9. The topological polar surface area (TPSA) is 93.6 Å². The van der Waals surface area contributed by atoms with E-state index in [1.807, 2.05) is 6.92 Å². The van der Waals surface area contributed by atoms with Gasteiger partial charge in [-0.1, -0.05) is 11.6 Å². The van der Waals surface area contributed by atoms with E-state index in [1.54, 1.807) is 29.3 Å². The van der Waals surface area contributed by atoms with E-state index in [0.717, 1.165) is 11.1 Å². The molecule has 0 N–H and O–H groups in total. The van der Waals surface area contributed by atoms with E-state index >= 15 is 0 Å². The van der Waals surface area contributed by atoms with Crippen molar-refractivity contribution in [2.45, 2.75) is 19.4 Å². The minimum Gasteiger partial charge on any atom is -0.330 e. The minimum atomic E-state index is -0.405. The number of nitrogens with zero attached hydrogens (tertiary/aromatic N) is 5. The quantitative estimate of drug-likeness (QED) is 0.509. The highest BCUT2D eigenvalue weighted by molar-refractivity contribution is 6.30. The summed E-state index contributed by atoms with van der Waals surface area (Å²) in [6, 6.07) is 6.21. The van der Waals surface area contributed by atoms with Crippen LogP contribution in [0.4, 0.5) is 5.69 Å². The van der Waals surface area contributed by atoms with Crippen molar-refractivity contribution in [1.29, 1.82) is 0 Å². The molecule has 1 aromatic carbocycles. The Kier molecular flexibility index (Phi) is 3.84. The van der Waals surface area contributed by atoms with Crippen LogP contribution in [0.2, 0.25) is 5.02 Å². The van der Waals surface area contributed by atoms with Gasteiger partial charge in [0, 0.05) is 30.9 Å². The Hall–Kier alpha value is -3.00. The molecular weight excluding hydrogens is 358 g/mol. The highest BCUT2D eigenvalue weighted by Crippen LogP contribution is 2.32. The fourth-order valence-electron chi connectivity index (χ4n) is 3.32. The maximum Gasteiger partial charge on any atom is 0.274 e. The van der Waals surface area contributed by atoms with Crippen molar-refractivity contribution in [2.24, 2.45) is 0 Å². The van der Waals surface area contributed by atoms with E-state index in [9.17, 15) is 14.9 Å². The molecule has 4 rings (SSSR count). The molecule has 3 heterocycles. The summed E-state index contributed by atoms with van der Waals surface area (Å²) in [6.07, 6.45) is 3.65. The third-order valence-corrected chi connectivity index (χ3v) is 4.83. The predicted molar refractivity (Wildman–Crippen MR) is 94.2 cm³/mol. The standard InChI is InChI=1S/C17H14ClN5O3/c1-10-14-3-2-13(23(25)26)6-11(14)4-5-21(10)17(24)15-7-16-19-8-12(18)9-22(16)20-15/h2-3,6-10H,4-5H2,1H3.